The Morgan fingerprint density at radius 1 is 1.37 bits per heavy atom. The first-order valence-electron chi connectivity index (χ1n) is 7.18. The van der Waals surface area contributed by atoms with Gasteiger partial charge in [0.05, 0.1) is 6.10 Å². The maximum absolute atomic E-state index is 9.67. The Labute approximate surface area is 115 Å². The lowest BCUT2D eigenvalue weighted by Crippen LogP contribution is -2.38. The first kappa shape index (κ1) is 14.3. The topological polar surface area (TPSA) is 48.4 Å². The van der Waals surface area contributed by atoms with E-state index in [1.54, 1.807) is 0 Å². The molecular weight excluding hydrogens is 238 g/mol. The number of nitrogens with zero attached hydrogens (tertiary/aromatic N) is 2. The van der Waals surface area contributed by atoms with E-state index in [9.17, 15) is 5.11 Å². The fraction of sp³-hybridized carbons (Fsp3) is 0.667. The van der Waals surface area contributed by atoms with Gasteiger partial charge in [0.15, 0.2) is 0 Å². The number of hydrogen-bond acceptors (Lipinski definition) is 4. The molecule has 0 radical (unpaired) electrons. The van der Waals surface area contributed by atoms with Crippen LogP contribution in [0.5, 0.6) is 0 Å². The van der Waals surface area contributed by atoms with E-state index in [0.717, 1.165) is 31.7 Å². The van der Waals surface area contributed by atoms with Crippen molar-refractivity contribution in [2.45, 2.75) is 38.8 Å². The number of aliphatic hydroxyl groups is 1. The van der Waals surface area contributed by atoms with Gasteiger partial charge in [-0.2, -0.15) is 0 Å². The lowest BCUT2D eigenvalue weighted by atomic mass is 9.92. The van der Waals surface area contributed by atoms with Crippen molar-refractivity contribution >= 4 is 5.82 Å². The number of nitrogens with one attached hydrogen (secondary N) is 1. The Bertz CT molecular complexity index is 400. The highest BCUT2D eigenvalue weighted by atomic mass is 16.3. The smallest absolute Gasteiger partial charge is 0.133 e. The Kier molecular flexibility index (Phi) is 4.77. The molecule has 0 bridgehead atoms. The van der Waals surface area contributed by atoms with Gasteiger partial charge in [-0.25, -0.2) is 4.98 Å². The summed E-state index contributed by atoms with van der Waals surface area (Å²) in [5, 5.41) is 13.0. The molecule has 2 heterocycles. The maximum Gasteiger partial charge on any atom is 0.133 e. The SMILES string of the molecule is CNC(C)c1cccnc1N1CCC(C(C)O)CC1. The molecule has 2 atom stereocenters. The molecule has 4 nitrogen and oxygen atoms in total. The third kappa shape index (κ3) is 3.25. The summed E-state index contributed by atoms with van der Waals surface area (Å²) in [6.07, 6.45) is 3.76. The number of rotatable bonds is 4. The van der Waals surface area contributed by atoms with Crippen LogP contribution in [-0.4, -0.2) is 36.3 Å². The average Bonchev–Trinajstić information content (AvgIpc) is 2.46. The van der Waals surface area contributed by atoms with Crippen molar-refractivity contribution < 1.29 is 5.11 Å². The second-order valence-electron chi connectivity index (χ2n) is 5.49. The van der Waals surface area contributed by atoms with E-state index in [4.69, 9.17) is 0 Å². The predicted molar refractivity (Wildman–Crippen MR) is 78.3 cm³/mol. The van der Waals surface area contributed by atoms with Crippen molar-refractivity contribution in [3.05, 3.63) is 23.9 Å². The molecule has 1 aliphatic heterocycles. The molecule has 0 spiro atoms. The van der Waals surface area contributed by atoms with Gasteiger partial charge in [-0.3, -0.25) is 0 Å². The van der Waals surface area contributed by atoms with Crippen LogP contribution < -0.4 is 10.2 Å². The van der Waals surface area contributed by atoms with Crippen molar-refractivity contribution in [3.63, 3.8) is 0 Å². The highest BCUT2D eigenvalue weighted by Crippen LogP contribution is 2.28. The van der Waals surface area contributed by atoms with E-state index < -0.39 is 0 Å². The van der Waals surface area contributed by atoms with Gasteiger partial charge in [-0.15, -0.1) is 0 Å². The number of hydrogen-bond donors (Lipinski definition) is 2. The highest BCUT2D eigenvalue weighted by molar-refractivity contribution is 5.48. The molecule has 1 aliphatic rings. The minimum absolute atomic E-state index is 0.193. The Morgan fingerprint density at radius 3 is 2.63 bits per heavy atom. The minimum atomic E-state index is -0.193. The molecule has 0 amide bonds. The summed E-state index contributed by atoms with van der Waals surface area (Å²) in [7, 11) is 1.97. The molecule has 2 unspecified atom stereocenters. The van der Waals surface area contributed by atoms with Crippen LogP contribution in [0.1, 0.15) is 38.3 Å². The molecule has 0 aromatic carbocycles. The zero-order valence-electron chi connectivity index (χ0n) is 12.1. The largest absolute Gasteiger partial charge is 0.393 e. The number of piperidine rings is 1. The van der Waals surface area contributed by atoms with Gasteiger partial charge in [0.2, 0.25) is 0 Å². The summed E-state index contributed by atoms with van der Waals surface area (Å²) in [6, 6.07) is 4.44. The molecule has 4 heteroatoms. The number of pyridine rings is 1. The maximum atomic E-state index is 9.67. The molecule has 19 heavy (non-hydrogen) atoms. The van der Waals surface area contributed by atoms with Crippen molar-refractivity contribution in [1.82, 2.24) is 10.3 Å². The molecule has 2 rings (SSSR count). The molecule has 1 saturated heterocycles. The van der Waals surface area contributed by atoms with Crippen LogP contribution in [0.25, 0.3) is 0 Å². The molecule has 2 N–H and O–H groups in total. The van der Waals surface area contributed by atoms with Crippen molar-refractivity contribution in [2.24, 2.45) is 5.92 Å². The first-order chi connectivity index (χ1) is 9.13. The van der Waals surface area contributed by atoms with Crippen LogP contribution in [0.4, 0.5) is 5.82 Å². The van der Waals surface area contributed by atoms with E-state index in [2.05, 4.69) is 28.2 Å². The standard InChI is InChI=1S/C15H25N3O/c1-11(16-3)14-5-4-8-17-15(14)18-9-6-13(7-10-18)12(2)19/h4-5,8,11-13,16,19H,6-7,9-10H2,1-3H3. The Hall–Kier alpha value is -1.13. The summed E-state index contributed by atoms with van der Waals surface area (Å²) in [6.45, 7) is 6.02. The molecular formula is C15H25N3O. The van der Waals surface area contributed by atoms with Crippen LogP contribution in [0.2, 0.25) is 0 Å². The zero-order chi connectivity index (χ0) is 13.8. The van der Waals surface area contributed by atoms with Gasteiger partial charge in [0, 0.05) is 30.9 Å². The fourth-order valence-corrected chi connectivity index (χ4v) is 2.76. The van der Waals surface area contributed by atoms with Crippen LogP contribution in [0.3, 0.4) is 0 Å². The van der Waals surface area contributed by atoms with Gasteiger partial charge >= 0.3 is 0 Å². The van der Waals surface area contributed by atoms with Gasteiger partial charge < -0.3 is 15.3 Å². The molecule has 1 aromatic heterocycles. The van der Waals surface area contributed by atoms with Crippen LogP contribution in [0.15, 0.2) is 18.3 Å². The Morgan fingerprint density at radius 2 is 2.05 bits per heavy atom. The Balaban J connectivity index is 2.11. The van der Waals surface area contributed by atoms with E-state index in [-0.39, 0.29) is 6.10 Å². The van der Waals surface area contributed by atoms with Gasteiger partial charge in [-0.1, -0.05) is 6.07 Å². The lowest BCUT2D eigenvalue weighted by molar-refractivity contribution is 0.109. The molecule has 1 aromatic rings. The first-order valence-corrected chi connectivity index (χ1v) is 7.18. The predicted octanol–water partition coefficient (Wildman–Crippen LogP) is 1.96. The average molecular weight is 263 g/mol. The summed E-state index contributed by atoms with van der Waals surface area (Å²) in [5.41, 5.74) is 1.25. The van der Waals surface area contributed by atoms with Gasteiger partial charge in [0.1, 0.15) is 5.82 Å². The summed E-state index contributed by atoms with van der Waals surface area (Å²) >= 11 is 0. The summed E-state index contributed by atoms with van der Waals surface area (Å²) in [5.74, 6) is 1.53. The number of anilines is 1. The normalized spacial score (nSPS) is 20.3. The molecule has 0 aliphatic carbocycles. The van der Waals surface area contributed by atoms with Crippen LogP contribution in [0, 0.1) is 5.92 Å². The van der Waals surface area contributed by atoms with Crippen LogP contribution >= 0.6 is 0 Å². The van der Waals surface area contributed by atoms with Gasteiger partial charge in [-0.05, 0) is 45.7 Å². The van der Waals surface area contributed by atoms with Crippen molar-refractivity contribution in [3.8, 4) is 0 Å². The van der Waals surface area contributed by atoms with E-state index in [1.165, 1.54) is 5.56 Å². The van der Waals surface area contributed by atoms with Crippen molar-refractivity contribution in [1.29, 1.82) is 0 Å². The lowest BCUT2D eigenvalue weighted by Gasteiger charge is -2.35. The molecule has 106 valence electrons. The third-order valence-corrected chi connectivity index (χ3v) is 4.24. The number of aromatic nitrogens is 1. The second kappa shape index (κ2) is 6.35. The summed E-state index contributed by atoms with van der Waals surface area (Å²) < 4.78 is 0. The van der Waals surface area contributed by atoms with Crippen molar-refractivity contribution in [2.75, 3.05) is 25.0 Å². The van der Waals surface area contributed by atoms with Gasteiger partial charge in [0.25, 0.3) is 0 Å². The molecule has 1 fully saturated rings. The second-order valence-corrected chi connectivity index (χ2v) is 5.49. The zero-order valence-corrected chi connectivity index (χ0v) is 12.1. The van der Waals surface area contributed by atoms with E-state index in [0.29, 0.717) is 12.0 Å². The minimum Gasteiger partial charge on any atom is -0.393 e. The number of aliphatic hydroxyl groups excluding tert-OH is 1. The molecule has 0 saturated carbocycles. The quantitative estimate of drug-likeness (QED) is 0.872. The third-order valence-electron chi connectivity index (χ3n) is 4.24. The highest BCUT2D eigenvalue weighted by Gasteiger charge is 2.25. The van der Waals surface area contributed by atoms with E-state index >= 15 is 0 Å². The fourth-order valence-electron chi connectivity index (χ4n) is 2.76. The summed E-state index contributed by atoms with van der Waals surface area (Å²) in [4.78, 5) is 6.91. The van der Waals surface area contributed by atoms with Crippen LogP contribution in [-0.2, 0) is 0 Å². The monoisotopic (exact) mass is 263 g/mol. The van der Waals surface area contributed by atoms with E-state index in [1.807, 2.05) is 26.2 Å².